The Morgan fingerprint density at radius 1 is 0.571 bits per heavy atom. The predicted molar refractivity (Wildman–Crippen MR) is 106 cm³/mol. The molecule has 0 aromatic heterocycles. The molecule has 146 valence electrons. The molecule has 28 heavy (non-hydrogen) atoms. The number of fused-ring (bicyclic) bond motifs is 2. The average molecular weight is 384 g/mol. The summed E-state index contributed by atoms with van der Waals surface area (Å²) in [5.74, 6) is 2.03. The van der Waals surface area contributed by atoms with Crippen LogP contribution in [0.4, 0.5) is 0 Å². The summed E-state index contributed by atoms with van der Waals surface area (Å²) in [7, 11) is 6.14. The lowest BCUT2D eigenvalue weighted by molar-refractivity contribution is 0.321. The third-order valence-corrected chi connectivity index (χ3v) is 4.58. The molecule has 3 aromatic carbocycles. The Morgan fingerprint density at radius 2 is 0.821 bits per heavy atom. The summed E-state index contributed by atoms with van der Waals surface area (Å²) in [6, 6.07) is 7.10. The van der Waals surface area contributed by atoms with E-state index in [9.17, 15) is 10.4 Å². The van der Waals surface area contributed by atoms with Gasteiger partial charge in [-0.15, -0.1) is 0 Å². The summed E-state index contributed by atoms with van der Waals surface area (Å²) in [4.78, 5) is 0. The maximum atomic E-state index is 9.26. The van der Waals surface area contributed by atoms with Gasteiger partial charge in [0.1, 0.15) is 0 Å². The monoisotopic (exact) mass is 384 g/mol. The van der Waals surface area contributed by atoms with Gasteiger partial charge in [0, 0.05) is 11.1 Å². The van der Waals surface area contributed by atoms with Crippen molar-refractivity contribution in [1.82, 2.24) is 0 Å². The number of benzene rings is 3. The molecule has 0 aliphatic rings. The summed E-state index contributed by atoms with van der Waals surface area (Å²) in [6.07, 6.45) is 2.67. The summed E-state index contributed by atoms with van der Waals surface area (Å²) in [5, 5.41) is 27.8. The molecule has 0 spiro atoms. The molecule has 0 aliphatic carbocycles. The fourth-order valence-corrected chi connectivity index (χ4v) is 3.33. The molecular weight excluding hydrogens is 364 g/mol. The van der Waals surface area contributed by atoms with E-state index in [0.29, 0.717) is 55.7 Å². The number of methoxy groups -OCH3 is 4. The molecule has 0 bridgehead atoms. The Labute approximate surface area is 161 Å². The van der Waals surface area contributed by atoms with Gasteiger partial charge in [0.25, 0.3) is 0 Å². The van der Waals surface area contributed by atoms with Crippen molar-refractivity contribution in [3.63, 3.8) is 0 Å². The van der Waals surface area contributed by atoms with Gasteiger partial charge in [-0.25, -0.2) is 0 Å². The highest BCUT2D eigenvalue weighted by atomic mass is 16.5. The molecule has 0 heterocycles. The SMILES string of the molecule is COc1cc2c(/C=N/O)c3cc(OC)c(OC)cc3c(/C=N/O)c2cc1OC. The molecule has 0 saturated carbocycles. The van der Waals surface area contributed by atoms with Gasteiger partial charge in [-0.3, -0.25) is 0 Å². The lowest BCUT2D eigenvalue weighted by Gasteiger charge is -2.17. The normalized spacial score (nSPS) is 11.6. The smallest absolute Gasteiger partial charge is 0.161 e. The highest BCUT2D eigenvalue weighted by Gasteiger charge is 2.19. The van der Waals surface area contributed by atoms with Crippen LogP contribution in [0.25, 0.3) is 21.5 Å². The van der Waals surface area contributed by atoms with Crippen LogP contribution in [0.1, 0.15) is 11.1 Å². The quantitative estimate of drug-likeness (QED) is 0.291. The Hall–Kier alpha value is -3.68. The molecule has 3 rings (SSSR count). The van der Waals surface area contributed by atoms with E-state index < -0.39 is 0 Å². The zero-order valence-electron chi connectivity index (χ0n) is 15.9. The number of nitrogens with zero attached hydrogens (tertiary/aromatic N) is 2. The molecule has 0 aliphatic heterocycles. The second-order valence-electron chi connectivity index (χ2n) is 5.82. The number of ether oxygens (including phenoxy) is 4. The third kappa shape index (κ3) is 2.98. The first-order valence-electron chi connectivity index (χ1n) is 8.25. The molecular formula is C20H20N2O6. The average Bonchev–Trinajstić information content (AvgIpc) is 2.73. The maximum absolute atomic E-state index is 9.26. The van der Waals surface area contributed by atoms with Crippen LogP contribution in [0, 0.1) is 0 Å². The first-order chi connectivity index (χ1) is 13.6. The number of hydrogen-bond donors (Lipinski definition) is 2. The van der Waals surface area contributed by atoms with E-state index >= 15 is 0 Å². The minimum Gasteiger partial charge on any atom is -0.493 e. The Morgan fingerprint density at radius 3 is 1.00 bits per heavy atom. The van der Waals surface area contributed by atoms with Crippen molar-refractivity contribution >= 4 is 34.0 Å². The lowest BCUT2D eigenvalue weighted by atomic mass is 9.91. The highest BCUT2D eigenvalue weighted by Crippen LogP contribution is 2.42. The first-order valence-corrected chi connectivity index (χ1v) is 8.25. The summed E-state index contributed by atoms with van der Waals surface area (Å²) in [6.45, 7) is 0. The van der Waals surface area contributed by atoms with Gasteiger partial charge in [0.05, 0.1) is 40.9 Å². The van der Waals surface area contributed by atoms with Gasteiger partial charge >= 0.3 is 0 Å². The zero-order chi connectivity index (χ0) is 20.3. The lowest BCUT2D eigenvalue weighted by Crippen LogP contribution is -1.99. The van der Waals surface area contributed by atoms with E-state index in [1.165, 1.54) is 40.9 Å². The minimum atomic E-state index is 0.509. The molecule has 2 N–H and O–H groups in total. The number of rotatable bonds is 6. The minimum absolute atomic E-state index is 0.509. The zero-order valence-corrected chi connectivity index (χ0v) is 15.9. The van der Waals surface area contributed by atoms with Crippen molar-refractivity contribution in [2.24, 2.45) is 10.3 Å². The van der Waals surface area contributed by atoms with E-state index in [-0.39, 0.29) is 0 Å². The van der Waals surface area contributed by atoms with Crippen LogP contribution in [0.15, 0.2) is 34.6 Å². The summed E-state index contributed by atoms with van der Waals surface area (Å²) >= 11 is 0. The van der Waals surface area contributed by atoms with E-state index in [1.54, 1.807) is 24.3 Å². The standard InChI is InChI=1S/C20H20N2O6/c1-25-17-5-11-12(6-18(17)26-2)16(10-22-24)14-8-20(28-4)19(27-3)7-13(14)15(11)9-21-23/h5-10,23-24H,1-4H3/b21-9+,22-10+. The molecule has 8 nitrogen and oxygen atoms in total. The maximum Gasteiger partial charge on any atom is 0.161 e. The second kappa shape index (κ2) is 7.91. The van der Waals surface area contributed by atoms with E-state index in [2.05, 4.69) is 10.3 Å². The summed E-state index contributed by atoms with van der Waals surface area (Å²) < 4.78 is 21.6. The Kier molecular flexibility index (Phi) is 5.39. The fraction of sp³-hybridized carbons (Fsp3) is 0.200. The van der Waals surface area contributed by atoms with E-state index in [4.69, 9.17) is 18.9 Å². The molecule has 0 amide bonds. The van der Waals surface area contributed by atoms with Gasteiger partial charge in [-0.1, -0.05) is 10.3 Å². The van der Waals surface area contributed by atoms with Gasteiger partial charge in [-0.05, 0) is 45.8 Å². The molecule has 0 saturated heterocycles. The van der Waals surface area contributed by atoms with Gasteiger partial charge in [0.2, 0.25) is 0 Å². The fourth-order valence-electron chi connectivity index (χ4n) is 3.33. The van der Waals surface area contributed by atoms with Crippen LogP contribution in [-0.4, -0.2) is 51.3 Å². The van der Waals surface area contributed by atoms with Crippen molar-refractivity contribution in [3.8, 4) is 23.0 Å². The van der Waals surface area contributed by atoms with Crippen molar-refractivity contribution in [2.45, 2.75) is 0 Å². The molecule has 0 radical (unpaired) electrons. The van der Waals surface area contributed by atoms with Crippen LogP contribution < -0.4 is 18.9 Å². The Balaban J connectivity index is 2.62. The van der Waals surface area contributed by atoms with Gasteiger partial charge < -0.3 is 29.4 Å². The van der Waals surface area contributed by atoms with Crippen LogP contribution in [0.2, 0.25) is 0 Å². The van der Waals surface area contributed by atoms with Crippen molar-refractivity contribution < 1.29 is 29.4 Å². The van der Waals surface area contributed by atoms with Crippen molar-refractivity contribution in [3.05, 3.63) is 35.4 Å². The van der Waals surface area contributed by atoms with E-state index in [1.807, 2.05) is 0 Å². The predicted octanol–water partition coefficient (Wildman–Crippen LogP) is 3.64. The molecule has 0 unspecified atom stereocenters. The largest absolute Gasteiger partial charge is 0.493 e. The van der Waals surface area contributed by atoms with Gasteiger partial charge in [-0.2, -0.15) is 0 Å². The van der Waals surface area contributed by atoms with E-state index in [0.717, 1.165) is 0 Å². The third-order valence-electron chi connectivity index (χ3n) is 4.58. The first kappa shape index (κ1) is 19.1. The van der Waals surface area contributed by atoms with Gasteiger partial charge in [0.15, 0.2) is 23.0 Å². The van der Waals surface area contributed by atoms with Crippen LogP contribution >= 0.6 is 0 Å². The van der Waals surface area contributed by atoms with Crippen LogP contribution in [0.3, 0.4) is 0 Å². The number of oxime groups is 2. The molecule has 8 heteroatoms. The molecule has 0 fully saturated rings. The van der Waals surface area contributed by atoms with Crippen molar-refractivity contribution in [1.29, 1.82) is 0 Å². The second-order valence-corrected chi connectivity index (χ2v) is 5.82. The van der Waals surface area contributed by atoms with Crippen LogP contribution in [0.5, 0.6) is 23.0 Å². The summed E-state index contributed by atoms with van der Waals surface area (Å²) in [5.41, 5.74) is 1.26. The topological polar surface area (TPSA) is 102 Å². The number of hydrogen-bond acceptors (Lipinski definition) is 8. The molecule has 3 aromatic rings. The van der Waals surface area contributed by atoms with Crippen molar-refractivity contribution in [2.75, 3.05) is 28.4 Å². The highest BCUT2D eigenvalue weighted by molar-refractivity contribution is 6.22. The van der Waals surface area contributed by atoms with Crippen LogP contribution in [-0.2, 0) is 0 Å². The Bertz CT molecular complexity index is 933. The molecule has 0 atom stereocenters.